The van der Waals surface area contributed by atoms with Crippen molar-refractivity contribution < 1.29 is 4.74 Å². The summed E-state index contributed by atoms with van der Waals surface area (Å²) in [7, 11) is 0. The van der Waals surface area contributed by atoms with Crippen molar-refractivity contribution in [2.24, 2.45) is 4.99 Å². The van der Waals surface area contributed by atoms with Gasteiger partial charge in [-0.15, -0.1) is 0 Å². The molecule has 0 aliphatic heterocycles. The molecule has 0 spiro atoms. The van der Waals surface area contributed by atoms with Gasteiger partial charge >= 0.3 is 0 Å². The predicted molar refractivity (Wildman–Crippen MR) is 114 cm³/mol. The molecule has 0 N–H and O–H groups in total. The van der Waals surface area contributed by atoms with Gasteiger partial charge in [-0.25, -0.2) is 0 Å². The van der Waals surface area contributed by atoms with Gasteiger partial charge in [0.05, 0.1) is 14.6 Å². The average molecular weight is 524 g/mol. The molecule has 0 aromatic heterocycles. The zero-order chi connectivity index (χ0) is 17.6. The zero-order valence-electron chi connectivity index (χ0n) is 13.1. The Labute approximate surface area is 172 Å². The highest BCUT2D eigenvalue weighted by Gasteiger charge is 2.09. The van der Waals surface area contributed by atoms with E-state index < -0.39 is 0 Å². The number of rotatable bonds is 5. The van der Waals surface area contributed by atoms with Gasteiger partial charge in [0.15, 0.2) is 0 Å². The minimum Gasteiger partial charge on any atom is -0.487 e. The monoisotopic (exact) mass is 521 g/mol. The number of aliphatic imine (C=N–C) groups is 1. The van der Waals surface area contributed by atoms with Gasteiger partial charge in [-0.1, -0.05) is 46.3 Å². The molecule has 0 amide bonds. The quantitative estimate of drug-likeness (QED) is 0.321. The predicted octanol–water partition coefficient (Wildman–Crippen LogP) is 7.30. The van der Waals surface area contributed by atoms with Gasteiger partial charge in [0.25, 0.3) is 0 Å². The van der Waals surface area contributed by atoms with Crippen LogP contribution in [-0.4, -0.2) is 6.21 Å². The molecule has 2 nitrogen and oxygen atoms in total. The van der Waals surface area contributed by atoms with Crippen molar-refractivity contribution in [2.75, 3.05) is 0 Å². The molecule has 3 aromatic rings. The fraction of sp³-hybridized carbons (Fsp3) is 0.0500. The topological polar surface area (TPSA) is 21.6 Å². The van der Waals surface area contributed by atoms with Crippen LogP contribution in [0.25, 0.3) is 0 Å². The van der Waals surface area contributed by atoms with E-state index in [0.717, 1.165) is 36.0 Å². The maximum atomic E-state index is 5.96. The number of ether oxygens (including phenoxy) is 1. The van der Waals surface area contributed by atoms with E-state index >= 15 is 0 Å². The molecule has 0 bridgehead atoms. The molecule has 0 atom stereocenters. The van der Waals surface area contributed by atoms with E-state index in [1.807, 2.05) is 72.9 Å². The van der Waals surface area contributed by atoms with Crippen molar-refractivity contribution in [3.05, 3.63) is 91.3 Å². The summed E-state index contributed by atoms with van der Waals surface area (Å²) < 4.78 is 8.78. The molecule has 0 saturated heterocycles. The van der Waals surface area contributed by atoms with Crippen molar-refractivity contribution in [1.29, 1.82) is 0 Å². The van der Waals surface area contributed by atoms with Crippen molar-refractivity contribution in [1.82, 2.24) is 0 Å². The Morgan fingerprint density at radius 2 is 1.48 bits per heavy atom. The number of hydrogen-bond acceptors (Lipinski definition) is 2. The number of nitrogens with zero attached hydrogens (tertiary/aromatic N) is 1. The summed E-state index contributed by atoms with van der Waals surface area (Å²) in [6, 6.07) is 21.9. The van der Waals surface area contributed by atoms with Gasteiger partial charge in [-0.2, -0.15) is 0 Å². The van der Waals surface area contributed by atoms with Crippen molar-refractivity contribution in [2.45, 2.75) is 6.61 Å². The number of halogens is 3. The molecular formula is C20H14Br3NO. The Bertz CT molecular complexity index is 854. The van der Waals surface area contributed by atoms with Gasteiger partial charge in [-0.05, 0) is 79.4 Å². The van der Waals surface area contributed by atoms with Gasteiger partial charge in [0.2, 0.25) is 0 Å². The SMILES string of the molecule is Brc1ccc(COc2c(Br)cc(C=Nc3ccccc3)cc2Br)cc1. The van der Waals surface area contributed by atoms with Crippen LogP contribution < -0.4 is 4.74 Å². The van der Waals surface area contributed by atoms with E-state index in [9.17, 15) is 0 Å². The third-order valence-electron chi connectivity index (χ3n) is 3.44. The fourth-order valence-corrected chi connectivity index (χ4v) is 3.91. The molecule has 3 aromatic carbocycles. The molecule has 0 radical (unpaired) electrons. The van der Waals surface area contributed by atoms with Crippen molar-refractivity contribution in [3.8, 4) is 5.75 Å². The van der Waals surface area contributed by atoms with Crippen LogP contribution in [0.5, 0.6) is 5.75 Å². The standard InChI is InChI=1S/C20H14Br3NO/c21-16-8-6-14(7-9-16)13-25-20-18(22)10-15(11-19(20)23)12-24-17-4-2-1-3-5-17/h1-12H,13H2. The first-order valence-electron chi connectivity index (χ1n) is 7.57. The molecule has 0 unspecified atom stereocenters. The number of para-hydroxylation sites is 1. The first kappa shape index (κ1) is 18.4. The van der Waals surface area contributed by atoms with E-state index in [1.165, 1.54) is 0 Å². The Morgan fingerprint density at radius 3 is 2.12 bits per heavy atom. The summed E-state index contributed by atoms with van der Waals surface area (Å²) in [5, 5.41) is 0. The van der Waals surface area contributed by atoms with Crippen LogP contribution in [-0.2, 0) is 6.61 Å². The fourth-order valence-electron chi connectivity index (χ4n) is 2.19. The highest BCUT2D eigenvalue weighted by Crippen LogP contribution is 2.35. The Kier molecular flexibility index (Phi) is 6.45. The molecule has 3 rings (SSSR count). The summed E-state index contributed by atoms with van der Waals surface area (Å²) in [5.41, 5.74) is 3.01. The molecular weight excluding hydrogens is 510 g/mol. The third kappa shape index (κ3) is 5.27. The minimum atomic E-state index is 0.502. The van der Waals surface area contributed by atoms with E-state index in [4.69, 9.17) is 4.74 Å². The van der Waals surface area contributed by atoms with Crippen LogP contribution >= 0.6 is 47.8 Å². The molecule has 0 saturated carbocycles. The average Bonchev–Trinajstić information content (AvgIpc) is 2.62. The maximum Gasteiger partial charge on any atom is 0.148 e. The Hall–Kier alpha value is -1.43. The summed E-state index contributed by atoms with van der Waals surface area (Å²) in [5.74, 6) is 0.778. The molecule has 0 aliphatic carbocycles. The molecule has 126 valence electrons. The normalized spacial score (nSPS) is 11.0. The third-order valence-corrected chi connectivity index (χ3v) is 5.14. The molecule has 0 heterocycles. The van der Waals surface area contributed by atoms with Crippen LogP contribution in [0.4, 0.5) is 5.69 Å². The maximum absolute atomic E-state index is 5.96. The lowest BCUT2D eigenvalue weighted by atomic mass is 10.2. The van der Waals surface area contributed by atoms with E-state index in [2.05, 4.69) is 52.8 Å². The smallest absolute Gasteiger partial charge is 0.148 e. The second kappa shape index (κ2) is 8.79. The van der Waals surface area contributed by atoms with Crippen LogP contribution in [0, 0.1) is 0 Å². The lowest BCUT2D eigenvalue weighted by molar-refractivity contribution is 0.302. The highest BCUT2D eigenvalue weighted by molar-refractivity contribution is 9.11. The van der Waals surface area contributed by atoms with Crippen molar-refractivity contribution in [3.63, 3.8) is 0 Å². The van der Waals surface area contributed by atoms with E-state index in [1.54, 1.807) is 0 Å². The molecule has 0 fully saturated rings. The highest BCUT2D eigenvalue weighted by atomic mass is 79.9. The Balaban J connectivity index is 1.73. The van der Waals surface area contributed by atoms with Gasteiger partial charge < -0.3 is 4.74 Å². The minimum absolute atomic E-state index is 0.502. The van der Waals surface area contributed by atoms with Crippen LogP contribution in [0.2, 0.25) is 0 Å². The van der Waals surface area contributed by atoms with Gasteiger partial charge in [0, 0.05) is 10.7 Å². The second-order valence-corrected chi connectivity index (χ2v) is 7.95. The first-order chi connectivity index (χ1) is 12.1. The first-order valence-corrected chi connectivity index (χ1v) is 9.95. The van der Waals surface area contributed by atoms with Crippen LogP contribution in [0.3, 0.4) is 0 Å². The summed E-state index contributed by atoms with van der Waals surface area (Å²) in [4.78, 5) is 4.48. The van der Waals surface area contributed by atoms with Gasteiger partial charge in [-0.3, -0.25) is 4.99 Å². The largest absolute Gasteiger partial charge is 0.487 e. The van der Waals surface area contributed by atoms with Crippen molar-refractivity contribution >= 4 is 59.7 Å². The van der Waals surface area contributed by atoms with Crippen LogP contribution in [0.15, 0.2) is 85.1 Å². The summed E-state index contributed by atoms with van der Waals surface area (Å²) in [6.07, 6.45) is 1.84. The van der Waals surface area contributed by atoms with E-state index in [-0.39, 0.29) is 0 Å². The summed E-state index contributed by atoms with van der Waals surface area (Å²) in [6.45, 7) is 0.502. The second-order valence-electron chi connectivity index (χ2n) is 5.32. The van der Waals surface area contributed by atoms with Gasteiger partial charge in [0.1, 0.15) is 12.4 Å². The summed E-state index contributed by atoms with van der Waals surface area (Å²) >= 11 is 10.6. The number of benzene rings is 3. The van der Waals surface area contributed by atoms with E-state index in [0.29, 0.717) is 6.61 Å². The molecule has 0 aliphatic rings. The number of hydrogen-bond donors (Lipinski definition) is 0. The lowest BCUT2D eigenvalue weighted by Gasteiger charge is -2.11. The molecule has 5 heteroatoms. The zero-order valence-corrected chi connectivity index (χ0v) is 17.9. The Morgan fingerprint density at radius 1 is 0.840 bits per heavy atom. The lowest BCUT2D eigenvalue weighted by Crippen LogP contribution is -1.97. The van der Waals surface area contributed by atoms with Crippen LogP contribution in [0.1, 0.15) is 11.1 Å². The molecule has 25 heavy (non-hydrogen) atoms.